The summed E-state index contributed by atoms with van der Waals surface area (Å²) in [6.07, 6.45) is 4.51. The molecule has 23 heavy (non-hydrogen) atoms. The molecule has 116 valence electrons. The fourth-order valence-electron chi connectivity index (χ4n) is 2.30. The first kappa shape index (κ1) is 15.7. The molecular weight excluding hydrogens is 352 g/mol. The lowest BCUT2D eigenvalue weighted by Gasteiger charge is -2.02. The standard InChI is InChI=1S/C19H17BrN2O/c1-13-4-3-5-16(14(13)2)8-11-18-21-22-19(23-18)12-15-6-9-17(20)10-7-15/h3-11H,12H2,1-2H3. The summed E-state index contributed by atoms with van der Waals surface area (Å²) >= 11 is 3.43. The van der Waals surface area contributed by atoms with E-state index in [1.54, 1.807) is 0 Å². The van der Waals surface area contributed by atoms with Crippen molar-refractivity contribution in [2.45, 2.75) is 20.3 Å². The van der Waals surface area contributed by atoms with Crippen LogP contribution in [0.5, 0.6) is 0 Å². The monoisotopic (exact) mass is 368 g/mol. The number of hydrogen-bond acceptors (Lipinski definition) is 3. The number of aryl methyl sites for hydroxylation is 1. The van der Waals surface area contributed by atoms with Gasteiger partial charge in [-0.2, -0.15) is 0 Å². The van der Waals surface area contributed by atoms with E-state index in [1.165, 1.54) is 11.1 Å². The van der Waals surface area contributed by atoms with Gasteiger partial charge in [-0.1, -0.05) is 46.3 Å². The summed E-state index contributed by atoms with van der Waals surface area (Å²) in [5.74, 6) is 1.14. The molecule has 0 atom stereocenters. The molecule has 0 radical (unpaired) electrons. The van der Waals surface area contributed by atoms with Gasteiger partial charge in [-0.15, -0.1) is 10.2 Å². The van der Waals surface area contributed by atoms with Crippen molar-refractivity contribution in [3.05, 3.63) is 81.0 Å². The first-order valence-corrected chi connectivity index (χ1v) is 8.22. The molecule has 3 aromatic rings. The van der Waals surface area contributed by atoms with Crippen LogP contribution in [0.2, 0.25) is 0 Å². The molecule has 3 rings (SSSR count). The fourth-order valence-corrected chi connectivity index (χ4v) is 2.56. The molecule has 1 aromatic heterocycles. The Morgan fingerprint density at radius 3 is 2.57 bits per heavy atom. The van der Waals surface area contributed by atoms with Gasteiger partial charge in [0.2, 0.25) is 11.8 Å². The molecule has 0 spiro atoms. The van der Waals surface area contributed by atoms with E-state index in [9.17, 15) is 0 Å². The Balaban J connectivity index is 1.73. The maximum Gasteiger partial charge on any atom is 0.240 e. The highest BCUT2D eigenvalue weighted by atomic mass is 79.9. The zero-order chi connectivity index (χ0) is 16.2. The Hall–Kier alpha value is -2.20. The fraction of sp³-hybridized carbons (Fsp3) is 0.158. The van der Waals surface area contributed by atoms with Crippen molar-refractivity contribution in [1.29, 1.82) is 0 Å². The third-order valence-corrected chi connectivity index (χ3v) is 4.33. The molecule has 0 saturated heterocycles. The summed E-state index contributed by atoms with van der Waals surface area (Å²) in [5.41, 5.74) is 4.84. The largest absolute Gasteiger partial charge is 0.421 e. The SMILES string of the molecule is Cc1cccc(C=Cc2nnc(Cc3ccc(Br)cc3)o2)c1C. The number of halogens is 1. The third kappa shape index (κ3) is 3.96. The molecule has 0 aliphatic heterocycles. The van der Waals surface area contributed by atoms with E-state index in [2.05, 4.69) is 58.2 Å². The molecule has 0 unspecified atom stereocenters. The summed E-state index contributed by atoms with van der Waals surface area (Å²) < 4.78 is 6.75. The molecule has 0 aliphatic carbocycles. The predicted octanol–water partition coefficient (Wildman–Crippen LogP) is 5.21. The van der Waals surface area contributed by atoms with E-state index in [1.807, 2.05) is 36.4 Å². The van der Waals surface area contributed by atoms with Gasteiger partial charge in [0, 0.05) is 10.5 Å². The number of rotatable bonds is 4. The van der Waals surface area contributed by atoms with Crippen molar-refractivity contribution in [1.82, 2.24) is 10.2 Å². The van der Waals surface area contributed by atoms with Crippen molar-refractivity contribution in [2.24, 2.45) is 0 Å². The average molecular weight is 369 g/mol. The van der Waals surface area contributed by atoms with Crippen LogP contribution in [0.25, 0.3) is 12.2 Å². The Labute approximate surface area is 144 Å². The normalized spacial score (nSPS) is 11.3. The minimum absolute atomic E-state index is 0.526. The third-order valence-electron chi connectivity index (χ3n) is 3.80. The van der Waals surface area contributed by atoms with Crippen LogP contribution in [-0.2, 0) is 6.42 Å². The van der Waals surface area contributed by atoms with Gasteiger partial charge in [-0.05, 0) is 54.3 Å². The van der Waals surface area contributed by atoms with E-state index in [-0.39, 0.29) is 0 Å². The van der Waals surface area contributed by atoms with Crippen LogP contribution in [0.3, 0.4) is 0 Å². The molecule has 0 saturated carbocycles. The van der Waals surface area contributed by atoms with E-state index in [4.69, 9.17) is 4.42 Å². The van der Waals surface area contributed by atoms with Crippen molar-refractivity contribution < 1.29 is 4.42 Å². The zero-order valence-electron chi connectivity index (χ0n) is 13.1. The number of hydrogen-bond donors (Lipinski definition) is 0. The van der Waals surface area contributed by atoms with Crippen LogP contribution < -0.4 is 0 Å². The van der Waals surface area contributed by atoms with Crippen LogP contribution >= 0.6 is 15.9 Å². The molecule has 2 aromatic carbocycles. The summed E-state index contributed by atoms with van der Waals surface area (Å²) in [5, 5.41) is 8.19. The molecule has 3 nitrogen and oxygen atoms in total. The van der Waals surface area contributed by atoms with Crippen LogP contribution in [0.1, 0.15) is 34.0 Å². The van der Waals surface area contributed by atoms with Crippen LogP contribution in [0, 0.1) is 13.8 Å². The van der Waals surface area contributed by atoms with Crippen molar-refractivity contribution in [2.75, 3.05) is 0 Å². The second-order valence-corrected chi connectivity index (χ2v) is 6.38. The summed E-state index contributed by atoms with van der Waals surface area (Å²) in [6, 6.07) is 14.3. The van der Waals surface area contributed by atoms with E-state index in [0.29, 0.717) is 18.2 Å². The van der Waals surface area contributed by atoms with Gasteiger partial charge < -0.3 is 4.42 Å². The first-order valence-electron chi connectivity index (χ1n) is 7.43. The maximum absolute atomic E-state index is 5.69. The predicted molar refractivity (Wildman–Crippen MR) is 96.1 cm³/mol. The molecule has 0 aliphatic rings. The number of benzene rings is 2. The van der Waals surface area contributed by atoms with Gasteiger partial charge in [-0.25, -0.2) is 0 Å². The van der Waals surface area contributed by atoms with Gasteiger partial charge in [0.1, 0.15) is 0 Å². The van der Waals surface area contributed by atoms with Gasteiger partial charge in [0.05, 0.1) is 6.42 Å². The maximum atomic E-state index is 5.69. The molecule has 0 N–H and O–H groups in total. The quantitative estimate of drug-likeness (QED) is 0.634. The van der Waals surface area contributed by atoms with E-state index in [0.717, 1.165) is 15.6 Å². The second kappa shape index (κ2) is 6.92. The highest BCUT2D eigenvalue weighted by Gasteiger charge is 2.05. The summed E-state index contributed by atoms with van der Waals surface area (Å²) in [7, 11) is 0. The Morgan fingerprint density at radius 1 is 1.00 bits per heavy atom. The minimum Gasteiger partial charge on any atom is -0.421 e. The Kier molecular flexibility index (Phi) is 4.72. The average Bonchev–Trinajstić information content (AvgIpc) is 2.99. The zero-order valence-corrected chi connectivity index (χ0v) is 14.7. The van der Waals surface area contributed by atoms with E-state index < -0.39 is 0 Å². The van der Waals surface area contributed by atoms with Gasteiger partial charge >= 0.3 is 0 Å². The Bertz CT molecular complexity index is 835. The van der Waals surface area contributed by atoms with Crippen LogP contribution in [0.15, 0.2) is 51.4 Å². The lowest BCUT2D eigenvalue weighted by Crippen LogP contribution is -1.87. The first-order chi connectivity index (χ1) is 11.1. The smallest absolute Gasteiger partial charge is 0.240 e. The van der Waals surface area contributed by atoms with Gasteiger partial charge in [-0.3, -0.25) is 0 Å². The number of nitrogens with zero attached hydrogens (tertiary/aromatic N) is 2. The number of aromatic nitrogens is 2. The topological polar surface area (TPSA) is 38.9 Å². The summed E-state index contributed by atoms with van der Waals surface area (Å²) in [4.78, 5) is 0. The lowest BCUT2D eigenvalue weighted by molar-refractivity contribution is 0.496. The van der Waals surface area contributed by atoms with Crippen LogP contribution in [-0.4, -0.2) is 10.2 Å². The molecular formula is C19H17BrN2O. The molecule has 0 fully saturated rings. The Morgan fingerprint density at radius 2 is 1.78 bits per heavy atom. The highest BCUT2D eigenvalue weighted by Crippen LogP contribution is 2.17. The molecule has 1 heterocycles. The minimum atomic E-state index is 0.526. The van der Waals surface area contributed by atoms with Crippen molar-refractivity contribution in [3.8, 4) is 0 Å². The van der Waals surface area contributed by atoms with Crippen LogP contribution in [0.4, 0.5) is 0 Å². The second-order valence-electron chi connectivity index (χ2n) is 5.46. The molecule has 0 bridgehead atoms. The van der Waals surface area contributed by atoms with E-state index >= 15 is 0 Å². The highest BCUT2D eigenvalue weighted by molar-refractivity contribution is 9.10. The van der Waals surface area contributed by atoms with Crippen molar-refractivity contribution >= 4 is 28.1 Å². The summed E-state index contributed by atoms with van der Waals surface area (Å²) in [6.45, 7) is 4.22. The van der Waals surface area contributed by atoms with Gasteiger partial charge in [0.25, 0.3) is 0 Å². The molecule has 0 amide bonds. The molecule has 4 heteroatoms. The van der Waals surface area contributed by atoms with Crippen molar-refractivity contribution in [3.63, 3.8) is 0 Å². The van der Waals surface area contributed by atoms with Gasteiger partial charge in [0.15, 0.2) is 0 Å². The lowest BCUT2D eigenvalue weighted by atomic mass is 10.0.